The number of carboxylic acids is 1. The highest BCUT2D eigenvalue weighted by molar-refractivity contribution is 7.91. The molecule has 0 saturated heterocycles. The molecule has 1 heterocycles. The van der Waals surface area contributed by atoms with Crippen LogP contribution >= 0.6 is 11.3 Å². The van der Waals surface area contributed by atoms with Crippen molar-refractivity contribution in [2.45, 2.75) is 25.2 Å². The third-order valence-electron chi connectivity index (χ3n) is 2.00. The molecule has 1 N–H and O–H groups in total. The number of rotatable bonds is 4. The zero-order valence-electron chi connectivity index (χ0n) is 8.48. The molecule has 84 valence electrons. The molecule has 1 aromatic heterocycles. The summed E-state index contributed by atoms with van der Waals surface area (Å²) in [6.45, 7) is 3.31. The van der Waals surface area contributed by atoms with Gasteiger partial charge in [-0.3, -0.25) is 0 Å². The highest BCUT2D eigenvalue weighted by Gasteiger charge is 2.22. The molecule has 0 fully saturated rings. The van der Waals surface area contributed by atoms with Gasteiger partial charge in [0, 0.05) is 5.38 Å². The minimum absolute atomic E-state index is 0.0592. The van der Waals surface area contributed by atoms with Crippen LogP contribution in [0.4, 0.5) is 0 Å². The topological polar surface area (TPSA) is 71.4 Å². The molecule has 1 rings (SSSR count). The van der Waals surface area contributed by atoms with Crippen LogP contribution in [0.1, 0.15) is 28.6 Å². The van der Waals surface area contributed by atoms with Crippen LogP contribution in [0.25, 0.3) is 0 Å². The van der Waals surface area contributed by atoms with Crippen molar-refractivity contribution in [3.05, 3.63) is 15.8 Å². The Morgan fingerprint density at radius 2 is 2.13 bits per heavy atom. The number of carboxylic acid groups (broad SMARTS) is 1. The Bertz CT molecular complexity index is 470. The maximum absolute atomic E-state index is 11.7. The molecule has 0 aliphatic heterocycles. The number of hydrogen-bond donors (Lipinski definition) is 1. The van der Waals surface area contributed by atoms with Crippen molar-refractivity contribution in [1.82, 2.24) is 0 Å². The van der Waals surface area contributed by atoms with Crippen molar-refractivity contribution in [2.75, 3.05) is 5.75 Å². The summed E-state index contributed by atoms with van der Waals surface area (Å²) < 4.78 is 23.4. The molecule has 0 amide bonds. The first-order chi connectivity index (χ1) is 6.90. The first-order valence-corrected chi connectivity index (χ1v) is 6.97. The van der Waals surface area contributed by atoms with E-state index in [4.69, 9.17) is 5.11 Å². The van der Waals surface area contributed by atoms with E-state index in [9.17, 15) is 13.2 Å². The number of hydrogen-bond acceptors (Lipinski definition) is 4. The lowest BCUT2D eigenvalue weighted by Crippen LogP contribution is -2.07. The van der Waals surface area contributed by atoms with Gasteiger partial charge >= 0.3 is 5.97 Å². The highest BCUT2D eigenvalue weighted by Crippen LogP contribution is 2.26. The zero-order valence-corrected chi connectivity index (χ0v) is 10.1. The second kappa shape index (κ2) is 4.32. The average molecular weight is 248 g/mol. The van der Waals surface area contributed by atoms with Gasteiger partial charge in [-0.25, -0.2) is 13.2 Å². The van der Waals surface area contributed by atoms with Crippen molar-refractivity contribution in [3.63, 3.8) is 0 Å². The van der Waals surface area contributed by atoms with Crippen molar-refractivity contribution < 1.29 is 18.3 Å². The molecule has 0 bridgehead atoms. The summed E-state index contributed by atoms with van der Waals surface area (Å²) in [4.78, 5) is 11.0. The summed E-state index contributed by atoms with van der Waals surface area (Å²) in [5.74, 6) is -1.01. The largest absolute Gasteiger partial charge is 0.477 e. The molecular weight excluding hydrogens is 236 g/mol. The Morgan fingerprint density at radius 1 is 1.53 bits per heavy atom. The molecule has 4 nitrogen and oxygen atoms in total. The summed E-state index contributed by atoms with van der Waals surface area (Å²) in [5.41, 5.74) is 0.348. The second-order valence-electron chi connectivity index (χ2n) is 3.18. The number of carbonyl (C=O) groups is 1. The van der Waals surface area contributed by atoms with Gasteiger partial charge < -0.3 is 5.11 Å². The van der Waals surface area contributed by atoms with Crippen LogP contribution in [0.3, 0.4) is 0 Å². The Balaban J connectivity index is 3.23. The molecule has 0 saturated carbocycles. The van der Waals surface area contributed by atoms with Gasteiger partial charge in [0.1, 0.15) is 4.88 Å². The van der Waals surface area contributed by atoms with Crippen LogP contribution in [0.2, 0.25) is 0 Å². The van der Waals surface area contributed by atoms with Gasteiger partial charge in [-0.1, -0.05) is 6.92 Å². The molecule has 0 atom stereocenters. The smallest absolute Gasteiger partial charge is 0.346 e. The van der Waals surface area contributed by atoms with Crippen molar-refractivity contribution >= 4 is 27.1 Å². The summed E-state index contributed by atoms with van der Waals surface area (Å²) in [7, 11) is -3.31. The first-order valence-electron chi connectivity index (χ1n) is 4.44. The lowest BCUT2D eigenvalue weighted by molar-refractivity contribution is 0.0701. The molecular formula is C9H12O4S2. The SMILES string of the molecule is CCCS(=O)(=O)c1csc(C(=O)O)c1C. The molecule has 6 heteroatoms. The van der Waals surface area contributed by atoms with E-state index in [1.165, 1.54) is 12.3 Å². The third-order valence-corrected chi connectivity index (χ3v) is 5.26. The lowest BCUT2D eigenvalue weighted by Gasteiger charge is -2.01. The maximum atomic E-state index is 11.7. The standard InChI is InChI=1S/C9H12O4S2/c1-3-4-15(12,13)7-5-14-8(6(7)2)9(10)11/h5H,3-4H2,1-2H3,(H,10,11). The van der Waals surface area contributed by atoms with E-state index in [0.717, 1.165) is 11.3 Å². The fraction of sp³-hybridized carbons (Fsp3) is 0.444. The van der Waals surface area contributed by atoms with Crippen LogP contribution in [-0.2, 0) is 9.84 Å². The number of thiophene rings is 1. The molecule has 15 heavy (non-hydrogen) atoms. The molecule has 0 unspecified atom stereocenters. The van der Waals surface area contributed by atoms with E-state index in [-0.39, 0.29) is 15.5 Å². The molecule has 1 aromatic rings. The van der Waals surface area contributed by atoms with Crippen LogP contribution in [0.5, 0.6) is 0 Å². The lowest BCUT2D eigenvalue weighted by atomic mass is 10.3. The van der Waals surface area contributed by atoms with Gasteiger partial charge in [-0.15, -0.1) is 11.3 Å². The van der Waals surface area contributed by atoms with Gasteiger partial charge in [-0.2, -0.15) is 0 Å². The number of aromatic carboxylic acids is 1. The predicted octanol–water partition coefficient (Wildman–Crippen LogP) is 1.94. The second-order valence-corrected chi connectivity index (χ2v) is 6.14. The van der Waals surface area contributed by atoms with Crippen molar-refractivity contribution in [1.29, 1.82) is 0 Å². The quantitative estimate of drug-likeness (QED) is 0.883. The fourth-order valence-corrected chi connectivity index (χ4v) is 4.21. The Morgan fingerprint density at radius 3 is 2.53 bits per heavy atom. The van der Waals surface area contributed by atoms with Crippen LogP contribution < -0.4 is 0 Å². The summed E-state index contributed by atoms with van der Waals surface area (Å²) in [5, 5.41) is 10.2. The maximum Gasteiger partial charge on any atom is 0.346 e. The van der Waals surface area contributed by atoms with Gasteiger partial charge in [0.25, 0.3) is 0 Å². The van der Waals surface area contributed by atoms with E-state index in [2.05, 4.69) is 0 Å². The molecule has 0 aromatic carbocycles. The zero-order chi connectivity index (χ0) is 11.6. The molecule has 0 aliphatic rings. The van der Waals surface area contributed by atoms with Gasteiger partial charge in [0.05, 0.1) is 10.6 Å². The van der Waals surface area contributed by atoms with E-state index < -0.39 is 15.8 Å². The Hall–Kier alpha value is -0.880. The normalized spacial score (nSPS) is 11.6. The van der Waals surface area contributed by atoms with E-state index in [1.54, 1.807) is 6.92 Å². The molecule has 0 radical (unpaired) electrons. The first kappa shape index (κ1) is 12.2. The Kier molecular flexibility index (Phi) is 3.51. The van der Waals surface area contributed by atoms with E-state index >= 15 is 0 Å². The van der Waals surface area contributed by atoms with Gasteiger partial charge in [-0.05, 0) is 18.9 Å². The van der Waals surface area contributed by atoms with Crippen LogP contribution in [-0.4, -0.2) is 25.2 Å². The average Bonchev–Trinajstić information content (AvgIpc) is 2.47. The van der Waals surface area contributed by atoms with Gasteiger partial charge in [0.15, 0.2) is 9.84 Å². The summed E-state index contributed by atoms with van der Waals surface area (Å²) in [6.07, 6.45) is 0.528. The van der Waals surface area contributed by atoms with Crippen molar-refractivity contribution in [2.24, 2.45) is 0 Å². The monoisotopic (exact) mass is 248 g/mol. The minimum atomic E-state index is -3.31. The molecule has 0 aliphatic carbocycles. The van der Waals surface area contributed by atoms with Crippen molar-refractivity contribution in [3.8, 4) is 0 Å². The van der Waals surface area contributed by atoms with Gasteiger partial charge in [0.2, 0.25) is 0 Å². The van der Waals surface area contributed by atoms with E-state index in [1.807, 2.05) is 0 Å². The highest BCUT2D eigenvalue weighted by atomic mass is 32.2. The Labute approximate surface area is 92.5 Å². The summed E-state index contributed by atoms with van der Waals surface area (Å²) in [6, 6.07) is 0. The third kappa shape index (κ3) is 2.38. The molecule has 0 spiro atoms. The van der Waals surface area contributed by atoms with E-state index in [0.29, 0.717) is 12.0 Å². The fourth-order valence-electron chi connectivity index (χ4n) is 1.30. The number of sulfone groups is 1. The summed E-state index contributed by atoms with van der Waals surface area (Å²) >= 11 is 0.958. The predicted molar refractivity (Wildman–Crippen MR) is 58.4 cm³/mol. The van der Waals surface area contributed by atoms with Crippen LogP contribution in [0.15, 0.2) is 10.3 Å². The minimum Gasteiger partial charge on any atom is -0.477 e. The van der Waals surface area contributed by atoms with Crippen LogP contribution in [0, 0.1) is 6.92 Å².